The fourth-order valence-corrected chi connectivity index (χ4v) is 2.10. The summed E-state index contributed by atoms with van der Waals surface area (Å²) in [5, 5.41) is 6.11. The number of benzene rings is 1. The van der Waals surface area contributed by atoms with E-state index >= 15 is 0 Å². The molecule has 1 aromatic heterocycles. The van der Waals surface area contributed by atoms with Crippen LogP contribution in [0.2, 0.25) is 0 Å². The van der Waals surface area contributed by atoms with E-state index in [1.807, 2.05) is 56.6 Å². The molecule has 0 aliphatic carbocycles. The number of anilines is 2. The lowest BCUT2D eigenvalue weighted by Crippen LogP contribution is -2.20. The molecule has 0 spiro atoms. The van der Waals surface area contributed by atoms with Crippen molar-refractivity contribution < 1.29 is 4.79 Å². The molecule has 2 aromatic rings. The Morgan fingerprint density at radius 1 is 1.13 bits per heavy atom. The summed E-state index contributed by atoms with van der Waals surface area (Å²) in [5.41, 5.74) is 2.12. The van der Waals surface area contributed by atoms with E-state index in [0.29, 0.717) is 12.2 Å². The van der Waals surface area contributed by atoms with Crippen LogP contribution in [-0.4, -0.2) is 43.0 Å². The molecule has 0 aliphatic rings. The van der Waals surface area contributed by atoms with E-state index in [2.05, 4.69) is 20.5 Å². The zero-order valence-corrected chi connectivity index (χ0v) is 13.7. The van der Waals surface area contributed by atoms with Crippen molar-refractivity contribution in [3.8, 4) is 0 Å². The largest absolute Gasteiger partial charge is 0.383 e. The molecule has 0 fully saturated rings. The third kappa shape index (κ3) is 6.48. The van der Waals surface area contributed by atoms with E-state index in [4.69, 9.17) is 0 Å². The normalized spacial score (nSPS) is 10.6. The van der Waals surface area contributed by atoms with Gasteiger partial charge in [0, 0.05) is 19.5 Å². The molecular formula is C18H24N4O. The molecule has 1 aromatic carbocycles. The van der Waals surface area contributed by atoms with Gasteiger partial charge in [0.15, 0.2) is 0 Å². The third-order valence-corrected chi connectivity index (χ3v) is 3.40. The Bertz CT molecular complexity index is 596. The molecule has 0 radical (unpaired) electrons. The third-order valence-electron chi connectivity index (χ3n) is 3.40. The van der Waals surface area contributed by atoms with Crippen LogP contribution in [-0.2, 0) is 11.2 Å². The van der Waals surface area contributed by atoms with E-state index in [1.54, 1.807) is 6.20 Å². The second kappa shape index (κ2) is 8.90. The molecule has 2 N–H and O–H groups in total. The van der Waals surface area contributed by atoms with Crippen LogP contribution >= 0.6 is 0 Å². The molecular weight excluding hydrogens is 288 g/mol. The minimum Gasteiger partial charge on any atom is -0.383 e. The number of pyridine rings is 1. The van der Waals surface area contributed by atoms with E-state index in [0.717, 1.165) is 30.8 Å². The smallest absolute Gasteiger partial charge is 0.225 e. The van der Waals surface area contributed by atoms with Crippen LogP contribution in [0.4, 0.5) is 11.5 Å². The molecule has 0 saturated heterocycles. The first-order valence-corrected chi connectivity index (χ1v) is 7.82. The van der Waals surface area contributed by atoms with Gasteiger partial charge in [-0.25, -0.2) is 4.98 Å². The van der Waals surface area contributed by atoms with E-state index in [9.17, 15) is 4.79 Å². The van der Waals surface area contributed by atoms with Gasteiger partial charge in [0.25, 0.3) is 0 Å². The van der Waals surface area contributed by atoms with Gasteiger partial charge in [0.05, 0.1) is 11.9 Å². The average molecular weight is 312 g/mol. The van der Waals surface area contributed by atoms with Gasteiger partial charge in [-0.05, 0) is 38.2 Å². The summed E-state index contributed by atoms with van der Waals surface area (Å²) >= 11 is 0. The van der Waals surface area contributed by atoms with Crippen LogP contribution in [0.1, 0.15) is 12.0 Å². The number of carbonyl (C=O) groups is 1. The number of hydrogen-bond donors (Lipinski definition) is 2. The lowest BCUT2D eigenvalue weighted by molar-refractivity contribution is -0.116. The topological polar surface area (TPSA) is 57.3 Å². The maximum atomic E-state index is 11.9. The number of rotatable bonds is 8. The van der Waals surface area contributed by atoms with Gasteiger partial charge in [-0.3, -0.25) is 4.79 Å². The summed E-state index contributed by atoms with van der Waals surface area (Å²) in [5.74, 6) is 0.566. The van der Waals surface area contributed by atoms with Crippen molar-refractivity contribution in [2.75, 3.05) is 37.8 Å². The molecule has 23 heavy (non-hydrogen) atoms. The first-order valence-electron chi connectivity index (χ1n) is 7.82. The molecule has 5 nitrogen and oxygen atoms in total. The zero-order chi connectivity index (χ0) is 16.5. The standard InChI is InChI=1S/C18H24N4O/c1-22(2)13-12-19-16-9-10-17(20-14-16)21-18(23)11-8-15-6-4-3-5-7-15/h3-7,9-10,14,19H,8,11-13H2,1-2H3,(H,20,21,23). The fraction of sp³-hybridized carbons (Fsp3) is 0.333. The highest BCUT2D eigenvalue weighted by Crippen LogP contribution is 2.10. The van der Waals surface area contributed by atoms with Gasteiger partial charge < -0.3 is 15.5 Å². The predicted octanol–water partition coefficient (Wildman–Crippen LogP) is 2.63. The Labute approximate surface area is 137 Å². The highest BCUT2D eigenvalue weighted by Gasteiger charge is 2.04. The van der Waals surface area contributed by atoms with Crippen molar-refractivity contribution in [3.05, 3.63) is 54.2 Å². The Morgan fingerprint density at radius 2 is 1.91 bits per heavy atom. The molecule has 1 heterocycles. The first kappa shape index (κ1) is 17.0. The van der Waals surface area contributed by atoms with Crippen molar-refractivity contribution in [1.29, 1.82) is 0 Å². The summed E-state index contributed by atoms with van der Waals surface area (Å²) in [6.07, 6.45) is 2.92. The SMILES string of the molecule is CN(C)CCNc1ccc(NC(=O)CCc2ccccc2)nc1. The Morgan fingerprint density at radius 3 is 2.57 bits per heavy atom. The second-order valence-corrected chi connectivity index (χ2v) is 5.70. The predicted molar refractivity (Wildman–Crippen MR) is 94.7 cm³/mol. The lowest BCUT2D eigenvalue weighted by atomic mass is 10.1. The minimum atomic E-state index is -0.0188. The zero-order valence-electron chi connectivity index (χ0n) is 13.7. The molecule has 0 aliphatic heterocycles. The number of hydrogen-bond acceptors (Lipinski definition) is 4. The minimum absolute atomic E-state index is 0.0188. The molecule has 2 rings (SSSR count). The van der Waals surface area contributed by atoms with Crippen LogP contribution in [0.25, 0.3) is 0 Å². The molecule has 0 atom stereocenters. The number of carbonyl (C=O) groups excluding carboxylic acids is 1. The summed E-state index contributed by atoms with van der Waals surface area (Å²) in [6.45, 7) is 1.81. The van der Waals surface area contributed by atoms with E-state index in [1.165, 1.54) is 0 Å². The van der Waals surface area contributed by atoms with Crippen LogP contribution in [0.3, 0.4) is 0 Å². The average Bonchev–Trinajstić information content (AvgIpc) is 2.55. The Hall–Kier alpha value is -2.40. The highest BCUT2D eigenvalue weighted by molar-refractivity contribution is 5.89. The fourth-order valence-electron chi connectivity index (χ4n) is 2.10. The van der Waals surface area contributed by atoms with Gasteiger partial charge in [0.1, 0.15) is 5.82 Å². The summed E-state index contributed by atoms with van der Waals surface area (Å²) < 4.78 is 0. The molecule has 0 bridgehead atoms. The highest BCUT2D eigenvalue weighted by atomic mass is 16.1. The number of aryl methyl sites for hydroxylation is 1. The van der Waals surface area contributed by atoms with Gasteiger partial charge in [-0.1, -0.05) is 30.3 Å². The summed E-state index contributed by atoms with van der Waals surface area (Å²) in [7, 11) is 4.07. The van der Waals surface area contributed by atoms with Crippen LogP contribution in [0.5, 0.6) is 0 Å². The molecule has 122 valence electrons. The van der Waals surface area contributed by atoms with Crippen molar-refractivity contribution in [2.45, 2.75) is 12.8 Å². The van der Waals surface area contributed by atoms with Gasteiger partial charge in [-0.15, -0.1) is 0 Å². The molecule has 0 unspecified atom stereocenters. The number of nitrogens with one attached hydrogen (secondary N) is 2. The molecule has 0 saturated carbocycles. The maximum Gasteiger partial charge on any atom is 0.225 e. The van der Waals surface area contributed by atoms with Crippen molar-refractivity contribution in [3.63, 3.8) is 0 Å². The number of aromatic nitrogens is 1. The van der Waals surface area contributed by atoms with Crippen molar-refractivity contribution in [2.24, 2.45) is 0 Å². The van der Waals surface area contributed by atoms with Gasteiger partial charge in [-0.2, -0.15) is 0 Å². The first-order chi connectivity index (χ1) is 11.1. The van der Waals surface area contributed by atoms with Crippen LogP contribution in [0, 0.1) is 0 Å². The van der Waals surface area contributed by atoms with E-state index < -0.39 is 0 Å². The molecule has 1 amide bonds. The maximum absolute atomic E-state index is 11.9. The Kier molecular flexibility index (Phi) is 6.56. The van der Waals surface area contributed by atoms with Crippen molar-refractivity contribution >= 4 is 17.4 Å². The van der Waals surface area contributed by atoms with Crippen LogP contribution in [0.15, 0.2) is 48.7 Å². The Balaban J connectivity index is 1.75. The second-order valence-electron chi connectivity index (χ2n) is 5.70. The lowest BCUT2D eigenvalue weighted by Gasteiger charge is -2.11. The van der Waals surface area contributed by atoms with Gasteiger partial charge >= 0.3 is 0 Å². The molecule has 5 heteroatoms. The monoisotopic (exact) mass is 312 g/mol. The summed E-state index contributed by atoms with van der Waals surface area (Å²) in [4.78, 5) is 18.3. The van der Waals surface area contributed by atoms with E-state index in [-0.39, 0.29) is 5.91 Å². The number of nitrogens with zero attached hydrogens (tertiary/aromatic N) is 2. The quantitative estimate of drug-likeness (QED) is 0.787. The number of amides is 1. The number of likely N-dealkylation sites (N-methyl/N-ethyl adjacent to an activating group) is 1. The van der Waals surface area contributed by atoms with Crippen LogP contribution < -0.4 is 10.6 Å². The van der Waals surface area contributed by atoms with Gasteiger partial charge in [0.2, 0.25) is 5.91 Å². The summed E-state index contributed by atoms with van der Waals surface area (Å²) in [6, 6.07) is 13.7. The van der Waals surface area contributed by atoms with Crippen molar-refractivity contribution in [1.82, 2.24) is 9.88 Å².